The molecule has 0 aliphatic heterocycles. The minimum absolute atomic E-state index is 0.00255. The average Bonchev–Trinajstić information content (AvgIpc) is 2.69. The second-order valence-corrected chi connectivity index (χ2v) is 3.97. The number of H-pyrrole nitrogens is 1. The summed E-state index contributed by atoms with van der Waals surface area (Å²) in [6.45, 7) is 4.56. The zero-order chi connectivity index (χ0) is 12.0. The predicted octanol–water partition coefficient (Wildman–Crippen LogP) is 0.365. The Hall–Kier alpha value is -1.21. The molecule has 0 aliphatic carbocycles. The number of aromatic amines is 1. The number of thiocarbonyl (C=S) groups is 1. The summed E-state index contributed by atoms with van der Waals surface area (Å²) in [6, 6.07) is 0.171. The summed E-state index contributed by atoms with van der Waals surface area (Å²) in [5, 5.41) is 13.4. The highest BCUT2D eigenvalue weighted by Gasteiger charge is 2.10. The highest BCUT2D eigenvalue weighted by molar-refractivity contribution is 7.80. The summed E-state index contributed by atoms with van der Waals surface area (Å²) in [6.07, 6.45) is 1.47. The van der Waals surface area contributed by atoms with Crippen LogP contribution in [-0.2, 0) is 4.74 Å². The summed E-state index contributed by atoms with van der Waals surface area (Å²) < 4.78 is 5.00. The monoisotopic (exact) mass is 243 g/mol. The lowest BCUT2D eigenvalue weighted by atomic mass is 10.3. The van der Waals surface area contributed by atoms with Crippen molar-refractivity contribution in [3.63, 3.8) is 0 Å². The number of nitrogens with one attached hydrogen (secondary N) is 3. The molecule has 6 nitrogen and oxygen atoms in total. The van der Waals surface area contributed by atoms with Crippen molar-refractivity contribution in [3.8, 4) is 0 Å². The zero-order valence-corrected chi connectivity index (χ0v) is 10.5. The van der Waals surface area contributed by atoms with Crippen LogP contribution in [0.1, 0.15) is 25.7 Å². The van der Waals surface area contributed by atoms with Crippen molar-refractivity contribution in [1.82, 2.24) is 25.8 Å². The number of ether oxygens (including phenoxy) is 1. The van der Waals surface area contributed by atoms with Gasteiger partial charge in [0.25, 0.3) is 0 Å². The van der Waals surface area contributed by atoms with Crippen LogP contribution in [0.3, 0.4) is 0 Å². The van der Waals surface area contributed by atoms with E-state index in [1.807, 2.05) is 13.8 Å². The van der Waals surface area contributed by atoms with Gasteiger partial charge in [0.15, 0.2) is 5.11 Å². The highest BCUT2D eigenvalue weighted by Crippen LogP contribution is 2.03. The van der Waals surface area contributed by atoms with E-state index in [1.165, 1.54) is 6.33 Å². The van der Waals surface area contributed by atoms with Crippen LogP contribution >= 0.6 is 12.2 Å². The lowest BCUT2D eigenvalue weighted by Gasteiger charge is -2.18. The van der Waals surface area contributed by atoms with E-state index in [1.54, 1.807) is 7.11 Å². The molecule has 16 heavy (non-hydrogen) atoms. The SMILES string of the molecule is COCC(C)NC(=S)NC(C)c1ncn[nH]1. The van der Waals surface area contributed by atoms with Gasteiger partial charge in [0.2, 0.25) is 0 Å². The molecule has 0 aromatic carbocycles. The summed E-state index contributed by atoms with van der Waals surface area (Å²) in [5.74, 6) is 0.753. The lowest BCUT2D eigenvalue weighted by molar-refractivity contribution is 0.179. The van der Waals surface area contributed by atoms with E-state index in [0.29, 0.717) is 11.7 Å². The minimum atomic E-state index is -0.00255. The van der Waals surface area contributed by atoms with Crippen molar-refractivity contribution in [2.75, 3.05) is 13.7 Å². The van der Waals surface area contributed by atoms with Gasteiger partial charge in [-0.2, -0.15) is 5.10 Å². The molecule has 1 aromatic rings. The first-order valence-electron chi connectivity index (χ1n) is 5.04. The molecule has 0 spiro atoms. The molecular weight excluding hydrogens is 226 g/mol. The maximum Gasteiger partial charge on any atom is 0.167 e. The first-order valence-corrected chi connectivity index (χ1v) is 5.45. The van der Waals surface area contributed by atoms with Crippen LogP contribution < -0.4 is 10.6 Å². The standard InChI is InChI=1S/C9H17N5OS/c1-6(4-15-3)12-9(16)13-7(2)8-10-5-11-14-8/h5-7H,4H2,1-3H3,(H,10,11,14)(H2,12,13,16). The summed E-state index contributed by atoms with van der Waals surface area (Å²) in [4.78, 5) is 4.04. The van der Waals surface area contributed by atoms with Crippen LogP contribution in [0, 0.1) is 0 Å². The van der Waals surface area contributed by atoms with Crippen molar-refractivity contribution < 1.29 is 4.74 Å². The lowest BCUT2D eigenvalue weighted by Crippen LogP contribution is -2.43. The van der Waals surface area contributed by atoms with Crippen molar-refractivity contribution in [2.24, 2.45) is 0 Å². The molecule has 0 saturated carbocycles. The van der Waals surface area contributed by atoms with Crippen LogP contribution in [-0.4, -0.2) is 40.1 Å². The number of aromatic nitrogens is 3. The summed E-state index contributed by atoms with van der Waals surface area (Å²) >= 11 is 5.15. The Morgan fingerprint density at radius 2 is 2.31 bits per heavy atom. The van der Waals surface area contributed by atoms with Gasteiger partial charge in [0, 0.05) is 13.2 Å². The number of rotatable bonds is 5. The summed E-state index contributed by atoms with van der Waals surface area (Å²) in [5.41, 5.74) is 0. The molecule has 0 radical (unpaired) electrons. The van der Waals surface area contributed by atoms with Crippen molar-refractivity contribution >= 4 is 17.3 Å². The molecule has 1 rings (SSSR count). The number of methoxy groups -OCH3 is 1. The normalized spacial score (nSPS) is 14.2. The first kappa shape index (κ1) is 12.9. The highest BCUT2D eigenvalue weighted by atomic mass is 32.1. The number of nitrogens with zero attached hydrogens (tertiary/aromatic N) is 2. The van der Waals surface area contributed by atoms with Gasteiger partial charge in [-0.1, -0.05) is 0 Å². The van der Waals surface area contributed by atoms with E-state index in [0.717, 1.165) is 5.82 Å². The maximum absolute atomic E-state index is 5.15. The Morgan fingerprint density at radius 3 is 2.88 bits per heavy atom. The fourth-order valence-corrected chi connectivity index (χ4v) is 1.62. The molecule has 3 N–H and O–H groups in total. The third-order valence-corrected chi connectivity index (χ3v) is 2.22. The second-order valence-electron chi connectivity index (χ2n) is 3.57. The maximum atomic E-state index is 5.15. The fraction of sp³-hybridized carbons (Fsp3) is 0.667. The van der Waals surface area contributed by atoms with Gasteiger partial charge in [-0.05, 0) is 26.1 Å². The van der Waals surface area contributed by atoms with E-state index >= 15 is 0 Å². The average molecular weight is 243 g/mol. The second kappa shape index (κ2) is 6.39. The third-order valence-electron chi connectivity index (χ3n) is 1.99. The molecule has 0 bridgehead atoms. The van der Waals surface area contributed by atoms with E-state index in [4.69, 9.17) is 17.0 Å². The Balaban J connectivity index is 2.34. The first-order chi connectivity index (χ1) is 7.63. The Morgan fingerprint density at radius 1 is 1.56 bits per heavy atom. The fourth-order valence-electron chi connectivity index (χ4n) is 1.25. The van der Waals surface area contributed by atoms with Gasteiger partial charge < -0.3 is 15.4 Å². The van der Waals surface area contributed by atoms with Gasteiger partial charge in [-0.3, -0.25) is 5.10 Å². The number of hydrogen-bond donors (Lipinski definition) is 3. The van der Waals surface area contributed by atoms with Gasteiger partial charge in [-0.25, -0.2) is 4.98 Å². The molecule has 2 unspecified atom stereocenters. The number of hydrogen-bond acceptors (Lipinski definition) is 4. The molecule has 1 aromatic heterocycles. The zero-order valence-electron chi connectivity index (χ0n) is 9.65. The van der Waals surface area contributed by atoms with Crippen molar-refractivity contribution in [1.29, 1.82) is 0 Å². The van der Waals surface area contributed by atoms with Crippen molar-refractivity contribution in [3.05, 3.63) is 12.2 Å². The Bertz CT molecular complexity index is 316. The minimum Gasteiger partial charge on any atom is -0.383 e. The molecule has 0 fully saturated rings. The van der Waals surface area contributed by atoms with Crippen LogP contribution in [0.15, 0.2) is 6.33 Å². The van der Waals surface area contributed by atoms with E-state index in [-0.39, 0.29) is 12.1 Å². The molecule has 0 saturated heterocycles. The topological polar surface area (TPSA) is 74.9 Å². The van der Waals surface area contributed by atoms with E-state index in [9.17, 15) is 0 Å². The van der Waals surface area contributed by atoms with Gasteiger partial charge in [-0.15, -0.1) is 0 Å². The predicted molar refractivity (Wildman–Crippen MR) is 65.0 cm³/mol. The molecule has 1 heterocycles. The molecule has 2 atom stereocenters. The summed E-state index contributed by atoms with van der Waals surface area (Å²) in [7, 11) is 1.66. The Kier molecular flexibility index (Phi) is 5.13. The third kappa shape index (κ3) is 4.11. The van der Waals surface area contributed by atoms with Crippen LogP contribution in [0.25, 0.3) is 0 Å². The molecule has 0 aliphatic rings. The van der Waals surface area contributed by atoms with E-state index < -0.39 is 0 Å². The molecule has 0 amide bonds. The smallest absolute Gasteiger partial charge is 0.167 e. The van der Waals surface area contributed by atoms with Crippen LogP contribution in [0.2, 0.25) is 0 Å². The Labute approximate surface area is 100 Å². The van der Waals surface area contributed by atoms with Crippen LogP contribution in [0.4, 0.5) is 0 Å². The molecule has 90 valence electrons. The van der Waals surface area contributed by atoms with Gasteiger partial charge in [0.05, 0.1) is 12.6 Å². The van der Waals surface area contributed by atoms with E-state index in [2.05, 4.69) is 25.8 Å². The quantitative estimate of drug-likeness (QED) is 0.649. The molecule has 7 heteroatoms. The van der Waals surface area contributed by atoms with Crippen molar-refractivity contribution in [2.45, 2.75) is 25.9 Å². The van der Waals surface area contributed by atoms with Gasteiger partial charge >= 0.3 is 0 Å². The largest absolute Gasteiger partial charge is 0.383 e. The van der Waals surface area contributed by atoms with Gasteiger partial charge in [0.1, 0.15) is 12.2 Å². The van der Waals surface area contributed by atoms with Crippen LogP contribution in [0.5, 0.6) is 0 Å². The molecular formula is C9H17N5OS.